The first-order chi connectivity index (χ1) is 20.3. The summed E-state index contributed by atoms with van der Waals surface area (Å²) in [5.74, 6) is -0.189. The molecule has 2 saturated heterocycles. The number of hydrogen-bond donors (Lipinski definition) is 2. The maximum Gasteiger partial charge on any atom is 0.319 e. The molecule has 10 nitrogen and oxygen atoms in total. The molecular weight excluding hydrogens is 564 g/mol. The van der Waals surface area contributed by atoms with E-state index in [1.165, 1.54) is 19.2 Å². The van der Waals surface area contributed by atoms with Gasteiger partial charge in [0.15, 0.2) is 5.82 Å². The Kier molecular flexibility index (Phi) is 7.88. The Hall–Kier alpha value is -3.95. The highest BCUT2D eigenvalue weighted by Crippen LogP contribution is 2.35. The summed E-state index contributed by atoms with van der Waals surface area (Å²) in [5.41, 5.74) is 3.31. The molecule has 4 aromatic rings. The Morgan fingerprint density at radius 1 is 1.29 bits per heavy atom. The highest BCUT2D eigenvalue weighted by Gasteiger charge is 2.29. The Morgan fingerprint density at radius 2 is 2.14 bits per heavy atom. The van der Waals surface area contributed by atoms with Gasteiger partial charge in [-0.3, -0.25) is 5.10 Å². The van der Waals surface area contributed by atoms with Gasteiger partial charge in [-0.15, -0.1) is 0 Å². The molecule has 2 atom stereocenters. The van der Waals surface area contributed by atoms with Crippen molar-refractivity contribution in [2.24, 2.45) is 0 Å². The molecule has 2 fully saturated rings. The molecule has 13 heteroatoms. The fourth-order valence-electron chi connectivity index (χ4n) is 6.02. The zero-order valence-corrected chi connectivity index (χ0v) is 24.3. The van der Waals surface area contributed by atoms with E-state index in [0.717, 1.165) is 30.3 Å². The summed E-state index contributed by atoms with van der Waals surface area (Å²) < 4.78 is 34.7. The fourth-order valence-corrected chi connectivity index (χ4v) is 6.24. The second-order valence-corrected chi connectivity index (χ2v) is 11.4. The summed E-state index contributed by atoms with van der Waals surface area (Å²) in [5, 5.41) is 17.1. The van der Waals surface area contributed by atoms with Crippen molar-refractivity contribution in [3.05, 3.63) is 52.5 Å². The molecule has 220 valence electrons. The number of benzene rings is 1. The zero-order valence-electron chi connectivity index (χ0n) is 23.5. The van der Waals surface area contributed by atoms with E-state index in [4.69, 9.17) is 26.3 Å². The van der Waals surface area contributed by atoms with Gasteiger partial charge in [0, 0.05) is 61.5 Å². The summed E-state index contributed by atoms with van der Waals surface area (Å²) in [7, 11) is 2.09. The van der Waals surface area contributed by atoms with Gasteiger partial charge in [-0.2, -0.15) is 20.3 Å². The summed E-state index contributed by atoms with van der Waals surface area (Å²) in [6.07, 6.45) is 7.64. The van der Waals surface area contributed by atoms with Crippen LogP contribution in [0.5, 0.6) is 6.01 Å². The topological polar surface area (TPSA) is 113 Å². The van der Waals surface area contributed by atoms with Crippen LogP contribution in [-0.4, -0.2) is 86.9 Å². The van der Waals surface area contributed by atoms with Crippen molar-refractivity contribution in [2.45, 2.75) is 44.7 Å². The van der Waals surface area contributed by atoms with Crippen LogP contribution < -0.4 is 9.64 Å². The largest absolute Gasteiger partial charge is 0.462 e. The molecule has 0 spiro atoms. The molecule has 2 aliphatic heterocycles. The summed E-state index contributed by atoms with van der Waals surface area (Å²) >= 11 is 6.45. The molecular formula is C29H32ClF2N9O. The predicted octanol–water partition coefficient (Wildman–Crippen LogP) is 4.93. The third kappa shape index (κ3) is 5.46. The van der Waals surface area contributed by atoms with Crippen LogP contribution in [0.2, 0.25) is 5.02 Å². The number of nitrogens with one attached hydrogen (secondary N) is 2. The lowest BCUT2D eigenvalue weighted by Crippen LogP contribution is -2.51. The van der Waals surface area contributed by atoms with Crippen LogP contribution >= 0.6 is 11.6 Å². The smallest absolute Gasteiger partial charge is 0.319 e. The number of likely N-dealkylation sites (N-methyl/N-ethyl adjacent to an activating group) is 1. The molecule has 3 aromatic heterocycles. The van der Waals surface area contributed by atoms with Crippen molar-refractivity contribution in [3.63, 3.8) is 0 Å². The maximum absolute atomic E-state index is 14.7. The number of fused-ring (bicyclic) bond motifs is 2. The standard InChI is InChI=1S/C29H32ClF2N9O/c1-17(31)14-40-8-9-41(15-19(40)5-6-33)28-27-26(36-29(37-28)42-16-20-4-3-7-39(20)2)18(12-34-27)10-21-22-13-35-38-24(22)11-23(32)25(21)30/h11-14,19-20,34H,3-5,7-10,15-16H2,1-2H3,(H,35,38)/t19-,20-/m0/s1. The predicted molar refractivity (Wildman–Crippen MR) is 157 cm³/mol. The van der Waals surface area contributed by atoms with E-state index in [1.807, 2.05) is 11.1 Å². The number of allylic oxidation sites excluding steroid dienone is 1. The molecule has 6 rings (SSSR count). The molecule has 2 aliphatic rings. The molecule has 0 radical (unpaired) electrons. The number of nitrogens with zero attached hydrogens (tertiary/aromatic N) is 7. The number of rotatable bonds is 8. The Labute approximate surface area is 246 Å². The number of ether oxygens (including phenoxy) is 1. The van der Waals surface area contributed by atoms with Gasteiger partial charge in [-0.25, -0.2) is 8.78 Å². The van der Waals surface area contributed by atoms with Gasteiger partial charge in [0.2, 0.25) is 0 Å². The van der Waals surface area contributed by atoms with E-state index in [1.54, 1.807) is 6.20 Å². The minimum atomic E-state index is -0.526. The van der Waals surface area contributed by atoms with Crippen LogP contribution in [0.4, 0.5) is 14.6 Å². The average Bonchev–Trinajstić information content (AvgIpc) is 3.70. The number of nitriles is 1. The second kappa shape index (κ2) is 11.7. The van der Waals surface area contributed by atoms with Crippen molar-refractivity contribution in [1.82, 2.24) is 34.9 Å². The van der Waals surface area contributed by atoms with Crippen LogP contribution in [0.1, 0.15) is 37.3 Å². The molecule has 2 N–H and O–H groups in total. The summed E-state index contributed by atoms with van der Waals surface area (Å²) in [6, 6.07) is 3.88. The number of anilines is 1. The number of likely N-dealkylation sites (tertiary alicyclic amines) is 1. The third-order valence-corrected chi connectivity index (χ3v) is 8.65. The number of aromatic amines is 2. The minimum absolute atomic E-state index is 0.0416. The number of halogens is 3. The van der Waals surface area contributed by atoms with Crippen LogP contribution in [0, 0.1) is 17.1 Å². The highest BCUT2D eigenvalue weighted by atomic mass is 35.5. The average molecular weight is 596 g/mol. The number of hydrogen-bond acceptors (Lipinski definition) is 8. The van der Waals surface area contributed by atoms with E-state index in [2.05, 4.69) is 38.1 Å². The third-order valence-electron chi connectivity index (χ3n) is 8.25. The van der Waals surface area contributed by atoms with E-state index in [-0.39, 0.29) is 35.4 Å². The van der Waals surface area contributed by atoms with E-state index in [9.17, 15) is 14.0 Å². The van der Waals surface area contributed by atoms with E-state index >= 15 is 0 Å². The van der Waals surface area contributed by atoms with Crippen LogP contribution in [0.3, 0.4) is 0 Å². The Morgan fingerprint density at radius 3 is 2.90 bits per heavy atom. The van der Waals surface area contributed by atoms with Crippen molar-refractivity contribution in [1.29, 1.82) is 5.26 Å². The monoisotopic (exact) mass is 595 g/mol. The molecule has 0 saturated carbocycles. The van der Waals surface area contributed by atoms with Crippen molar-refractivity contribution >= 4 is 39.4 Å². The first-order valence-corrected chi connectivity index (χ1v) is 14.4. The molecule has 42 heavy (non-hydrogen) atoms. The first-order valence-electron chi connectivity index (χ1n) is 14.0. The first kappa shape index (κ1) is 28.2. The molecule has 0 aliphatic carbocycles. The van der Waals surface area contributed by atoms with Gasteiger partial charge in [0.05, 0.1) is 35.3 Å². The Balaban J connectivity index is 1.39. The van der Waals surface area contributed by atoms with Gasteiger partial charge in [-0.1, -0.05) is 11.6 Å². The normalized spacial score (nSPS) is 20.1. The lowest BCUT2D eigenvalue weighted by molar-refractivity contribution is 0.188. The molecule has 0 bridgehead atoms. The lowest BCUT2D eigenvalue weighted by Gasteiger charge is -2.40. The van der Waals surface area contributed by atoms with Gasteiger partial charge < -0.3 is 24.4 Å². The number of piperazine rings is 1. The van der Waals surface area contributed by atoms with E-state index < -0.39 is 5.82 Å². The molecule has 1 aromatic carbocycles. The van der Waals surface area contributed by atoms with Crippen molar-refractivity contribution in [2.75, 3.05) is 44.7 Å². The van der Waals surface area contributed by atoms with Crippen LogP contribution in [-0.2, 0) is 6.42 Å². The van der Waals surface area contributed by atoms with Crippen LogP contribution in [0.25, 0.3) is 21.9 Å². The molecule has 0 amide bonds. The number of H-pyrrole nitrogens is 2. The van der Waals surface area contributed by atoms with Crippen molar-refractivity contribution in [3.8, 4) is 12.1 Å². The van der Waals surface area contributed by atoms with Gasteiger partial charge in [0.25, 0.3) is 0 Å². The van der Waals surface area contributed by atoms with Gasteiger partial charge >= 0.3 is 6.01 Å². The lowest BCUT2D eigenvalue weighted by atomic mass is 10.0. The van der Waals surface area contributed by atoms with Gasteiger partial charge in [-0.05, 0) is 38.9 Å². The minimum Gasteiger partial charge on any atom is -0.462 e. The Bertz CT molecular complexity index is 1680. The fraction of sp³-hybridized carbons (Fsp3) is 0.448. The zero-order chi connectivity index (χ0) is 29.4. The summed E-state index contributed by atoms with van der Waals surface area (Å²) in [6.45, 7) is 4.43. The van der Waals surface area contributed by atoms with Gasteiger partial charge in [0.1, 0.15) is 29.3 Å². The molecule has 0 unspecified atom stereocenters. The second-order valence-electron chi connectivity index (χ2n) is 11.0. The quantitative estimate of drug-likeness (QED) is 0.295. The number of aromatic nitrogens is 5. The SMILES string of the molecule is CC(F)=CN1CCN(c2nc(OC[C@@H]3CCCN3C)nc3c(Cc4c(Cl)c(F)cc5[nH]ncc45)c[nH]c23)C[C@@H]1CC#N. The highest BCUT2D eigenvalue weighted by molar-refractivity contribution is 6.32. The summed E-state index contributed by atoms with van der Waals surface area (Å²) in [4.78, 5) is 19.2. The van der Waals surface area contributed by atoms with Crippen LogP contribution in [0.15, 0.2) is 30.5 Å². The van der Waals surface area contributed by atoms with E-state index in [0.29, 0.717) is 60.6 Å². The van der Waals surface area contributed by atoms with Crippen molar-refractivity contribution < 1.29 is 13.5 Å². The molecule has 5 heterocycles. The maximum atomic E-state index is 14.7.